The fraction of sp³-hybridized carbons (Fsp3) is 0.370. The molecule has 6 heteroatoms. The van der Waals surface area contributed by atoms with Crippen LogP contribution in [0.1, 0.15) is 37.0 Å². The fourth-order valence-corrected chi connectivity index (χ4v) is 4.88. The Morgan fingerprint density at radius 3 is 2.64 bits per heavy atom. The van der Waals surface area contributed by atoms with Gasteiger partial charge in [0.15, 0.2) is 5.78 Å². The maximum Gasteiger partial charge on any atom is 0.156 e. The number of halogens is 1. The molecule has 0 saturated carbocycles. The lowest BCUT2D eigenvalue weighted by molar-refractivity contribution is -0.114. The van der Waals surface area contributed by atoms with Crippen LogP contribution in [0.3, 0.4) is 0 Å². The van der Waals surface area contributed by atoms with E-state index in [2.05, 4.69) is 4.90 Å². The van der Waals surface area contributed by atoms with Gasteiger partial charge in [0.1, 0.15) is 30.0 Å². The summed E-state index contributed by atoms with van der Waals surface area (Å²) in [5, 5.41) is 9.98. The van der Waals surface area contributed by atoms with Gasteiger partial charge in [-0.15, -0.1) is 0 Å². The summed E-state index contributed by atoms with van der Waals surface area (Å²) in [7, 11) is 0. The number of likely N-dealkylation sites (tertiary alicyclic amines) is 1. The molecular weight excluding hydrogens is 421 g/mol. The topological polar surface area (TPSA) is 59.0 Å². The van der Waals surface area contributed by atoms with Crippen molar-refractivity contribution in [2.75, 3.05) is 32.9 Å². The molecule has 0 radical (unpaired) electrons. The standard InChI is InChI=1S/C27H28FNO4/c1-17-24-13-22(31)6-9-25(24)33-27(26(17)20-2-5-21(30)12-20)19-3-7-23(8-4-19)32-11-10-29-15-18(14-28)16-29/h3-4,6-9,12-13,18,27,31H,2,5,10-11,14-16H2,1H3. The zero-order valence-corrected chi connectivity index (χ0v) is 18.7. The quantitative estimate of drug-likeness (QED) is 0.654. The lowest BCUT2D eigenvalue weighted by Gasteiger charge is -2.37. The summed E-state index contributed by atoms with van der Waals surface area (Å²) in [4.78, 5) is 14.2. The van der Waals surface area contributed by atoms with Crippen molar-refractivity contribution in [1.82, 2.24) is 4.90 Å². The molecular formula is C27H28FNO4. The first kappa shape index (κ1) is 21.7. The molecule has 1 N–H and O–H groups in total. The van der Waals surface area contributed by atoms with Crippen LogP contribution in [-0.2, 0) is 4.79 Å². The van der Waals surface area contributed by atoms with Gasteiger partial charge < -0.3 is 14.6 Å². The third kappa shape index (κ3) is 4.40. The van der Waals surface area contributed by atoms with E-state index in [1.165, 1.54) is 0 Å². The van der Waals surface area contributed by atoms with Crippen molar-refractivity contribution in [2.45, 2.75) is 25.9 Å². The highest BCUT2D eigenvalue weighted by molar-refractivity contribution is 5.95. The number of carbonyl (C=O) groups is 1. The van der Waals surface area contributed by atoms with Gasteiger partial charge in [0, 0.05) is 43.1 Å². The molecule has 3 aliphatic rings. The van der Waals surface area contributed by atoms with E-state index >= 15 is 0 Å². The summed E-state index contributed by atoms with van der Waals surface area (Å²) in [5.41, 5.74) is 4.83. The van der Waals surface area contributed by atoms with Gasteiger partial charge in [0.2, 0.25) is 0 Å². The Balaban J connectivity index is 1.35. The minimum Gasteiger partial charge on any atom is -0.508 e. The minimum atomic E-state index is -0.341. The van der Waals surface area contributed by atoms with Gasteiger partial charge in [-0.2, -0.15) is 0 Å². The van der Waals surface area contributed by atoms with Crippen LogP contribution in [0, 0.1) is 5.92 Å². The zero-order valence-electron chi connectivity index (χ0n) is 18.7. The summed E-state index contributed by atoms with van der Waals surface area (Å²) in [6.07, 6.45) is 2.60. The largest absolute Gasteiger partial charge is 0.508 e. The van der Waals surface area contributed by atoms with Crippen molar-refractivity contribution in [3.8, 4) is 17.2 Å². The number of phenolic OH excluding ortho intramolecular Hbond substituents is 1. The molecule has 2 aliphatic heterocycles. The van der Waals surface area contributed by atoms with Gasteiger partial charge in [0.05, 0.1) is 6.67 Å². The number of ether oxygens (including phenoxy) is 2. The fourth-order valence-electron chi connectivity index (χ4n) is 4.88. The molecule has 172 valence electrons. The Morgan fingerprint density at radius 1 is 1.15 bits per heavy atom. The second kappa shape index (κ2) is 9.02. The van der Waals surface area contributed by atoms with Crippen molar-refractivity contribution < 1.29 is 23.8 Å². The van der Waals surface area contributed by atoms with E-state index in [-0.39, 0.29) is 30.2 Å². The number of aromatic hydroxyl groups is 1. The highest BCUT2D eigenvalue weighted by atomic mass is 19.1. The maximum atomic E-state index is 12.6. The number of phenols is 1. The Labute approximate surface area is 193 Å². The molecule has 0 aromatic heterocycles. The Bertz CT molecular complexity index is 1120. The van der Waals surface area contributed by atoms with E-state index in [4.69, 9.17) is 9.47 Å². The van der Waals surface area contributed by atoms with Gasteiger partial charge in [0.25, 0.3) is 0 Å². The second-order valence-electron chi connectivity index (χ2n) is 9.05. The molecule has 1 saturated heterocycles. The molecule has 1 fully saturated rings. The number of alkyl halides is 1. The number of hydrogen-bond donors (Lipinski definition) is 1. The molecule has 1 aliphatic carbocycles. The van der Waals surface area contributed by atoms with Crippen LogP contribution in [0.5, 0.6) is 17.2 Å². The van der Waals surface area contributed by atoms with Gasteiger partial charge in [-0.05, 0) is 66.5 Å². The number of benzene rings is 2. The number of rotatable bonds is 7. The average molecular weight is 450 g/mol. The third-order valence-electron chi connectivity index (χ3n) is 6.71. The maximum absolute atomic E-state index is 12.6. The summed E-state index contributed by atoms with van der Waals surface area (Å²) in [6, 6.07) is 13.0. The summed E-state index contributed by atoms with van der Waals surface area (Å²) in [6.45, 7) is 4.76. The predicted octanol–water partition coefficient (Wildman–Crippen LogP) is 4.87. The number of allylic oxidation sites excluding steroid dienone is 2. The number of fused-ring (bicyclic) bond motifs is 1. The predicted molar refractivity (Wildman–Crippen MR) is 124 cm³/mol. The van der Waals surface area contributed by atoms with E-state index in [0.717, 1.165) is 53.2 Å². The van der Waals surface area contributed by atoms with Gasteiger partial charge >= 0.3 is 0 Å². The average Bonchev–Trinajstić information content (AvgIpc) is 3.21. The molecule has 2 aromatic rings. The summed E-state index contributed by atoms with van der Waals surface area (Å²) >= 11 is 0. The SMILES string of the molecule is CC1=C(C2=CC(=O)CC2)C(c2ccc(OCCN3CC(CF)C3)cc2)Oc2ccc(O)cc21. The van der Waals surface area contributed by atoms with Gasteiger partial charge in [-0.3, -0.25) is 14.1 Å². The molecule has 0 spiro atoms. The van der Waals surface area contributed by atoms with Crippen molar-refractivity contribution >= 4 is 11.4 Å². The summed E-state index contributed by atoms with van der Waals surface area (Å²) < 4.78 is 24.8. The molecule has 0 bridgehead atoms. The number of ketones is 1. The van der Waals surface area contributed by atoms with Crippen molar-refractivity contribution in [3.63, 3.8) is 0 Å². The van der Waals surface area contributed by atoms with Crippen molar-refractivity contribution in [3.05, 3.63) is 70.8 Å². The molecule has 5 nitrogen and oxygen atoms in total. The first-order valence-corrected chi connectivity index (χ1v) is 11.5. The molecule has 1 unspecified atom stereocenters. The normalized spacial score (nSPS) is 20.8. The van der Waals surface area contributed by atoms with E-state index in [0.29, 0.717) is 25.2 Å². The molecule has 33 heavy (non-hydrogen) atoms. The van der Waals surface area contributed by atoms with Crippen LogP contribution in [-0.4, -0.2) is 48.7 Å². The van der Waals surface area contributed by atoms with E-state index in [1.807, 2.05) is 31.2 Å². The molecule has 2 heterocycles. The Kier molecular flexibility index (Phi) is 5.94. The van der Waals surface area contributed by atoms with Crippen LogP contribution in [0.15, 0.2) is 59.7 Å². The van der Waals surface area contributed by atoms with Crippen LogP contribution in [0.4, 0.5) is 4.39 Å². The lowest BCUT2D eigenvalue weighted by atomic mass is 9.85. The Morgan fingerprint density at radius 2 is 1.94 bits per heavy atom. The Hall–Kier alpha value is -3.12. The lowest BCUT2D eigenvalue weighted by Crippen LogP contribution is -2.49. The van der Waals surface area contributed by atoms with Gasteiger partial charge in [-0.1, -0.05) is 12.1 Å². The van der Waals surface area contributed by atoms with Crippen LogP contribution < -0.4 is 9.47 Å². The first-order chi connectivity index (χ1) is 16.0. The first-order valence-electron chi connectivity index (χ1n) is 11.5. The highest BCUT2D eigenvalue weighted by Crippen LogP contribution is 2.47. The van der Waals surface area contributed by atoms with Crippen LogP contribution in [0.25, 0.3) is 5.57 Å². The molecule has 0 amide bonds. The van der Waals surface area contributed by atoms with Crippen molar-refractivity contribution in [1.29, 1.82) is 0 Å². The monoisotopic (exact) mass is 449 g/mol. The number of hydrogen-bond acceptors (Lipinski definition) is 5. The minimum absolute atomic E-state index is 0.134. The second-order valence-corrected chi connectivity index (χ2v) is 9.05. The van der Waals surface area contributed by atoms with E-state index < -0.39 is 0 Å². The van der Waals surface area contributed by atoms with E-state index in [9.17, 15) is 14.3 Å². The molecule has 5 rings (SSSR count). The highest BCUT2D eigenvalue weighted by Gasteiger charge is 2.32. The molecule has 2 aromatic carbocycles. The number of carbonyl (C=O) groups excluding carboxylic acids is 1. The van der Waals surface area contributed by atoms with Gasteiger partial charge in [-0.25, -0.2) is 0 Å². The van der Waals surface area contributed by atoms with Crippen molar-refractivity contribution in [2.24, 2.45) is 5.92 Å². The third-order valence-corrected chi connectivity index (χ3v) is 6.71. The van der Waals surface area contributed by atoms with Crippen LogP contribution >= 0.6 is 0 Å². The molecule has 1 atom stereocenters. The van der Waals surface area contributed by atoms with E-state index in [1.54, 1.807) is 24.3 Å². The smallest absolute Gasteiger partial charge is 0.156 e. The summed E-state index contributed by atoms with van der Waals surface area (Å²) in [5.74, 6) is 2.00. The number of nitrogens with zero attached hydrogens (tertiary/aromatic N) is 1. The zero-order chi connectivity index (χ0) is 22.9. The van der Waals surface area contributed by atoms with Crippen LogP contribution in [0.2, 0.25) is 0 Å².